The van der Waals surface area contributed by atoms with Crippen molar-refractivity contribution in [3.05, 3.63) is 90.0 Å². The number of amides is 1. The van der Waals surface area contributed by atoms with Crippen LogP contribution < -0.4 is 4.90 Å². The number of carbonyl (C=O) groups excluding carboxylic acids is 1. The molecule has 1 amide bonds. The smallest absolute Gasteiger partial charge is 0.414 e. The summed E-state index contributed by atoms with van der Waals surface area (Å²) in [6.07, 6.45) is 5.48. The molecular formula is C19H15ClNO2. The molecule has 2 aromatic carbocycles. The Hall–Kier alpha value is -2.52. The predicted octanol–water partition coefficient (Wildman–Crippen LogP) is 5.58. The second-order valence-corrected chi connectivity index (χ2v) is 5.39. The number of nitrogens with zero attached hydrogens (tertiary/aromatic N) is 1. The third kappa shape index (κ3) is 3.82. The van der Waals surface area contributed by atoms with Crippen molar-refractivity contribution in [3.8, 4) is 0 Å². The van der Waals surface area contributed by atoms with Crippen molar-refractivity contribution in [1.82, 2.24) is 0 Å². The zero-order valence-corrected chi connectivity index (χ0v) is 13.1. The van der Waals surface area contributed by atoms with E-state index in [1.54, 1.807) is 6.08 Å². The topological polar surface area (TPSA) is 29.5 Å². The molecule has 0 spiro atoms. The van der Waals surface area contributed by atoms with Crippen LogP contribution in [0.4, 0.5) is 16.2 Å². The van der Waals surface area contributed by atoms with E-state index in [9.17, 15) is 4.79 Å². The van der Waals surface area contributed by atoms with E-state index in [1.165, 1.54) is 4.90 Å². The average Bonchev–Trinajstić information content (AvgIpc) is 2.57. The van der Waals surface area contributed by atoms with Crippen molar-refractivity contribution in [2.24, 2.45) is 0 Å². The summed E-state index contributed by atoms with van der Waals surface area (Å²) in [5, 5.41) is 0.571. The molecule has 0 aromatic heterocycles. The molecule has 0 unspecified atom stereocenters. The van der Waals surface area contributed by atoms with Gasteiger partial charge in [0.1, 0.15) is 5.76 Å². The largest absolute Gasteiger partial charge is 0.424 e. The molecule has 1 aliphatic rings. The molecule has 2 aromatic rings. The molecule has 0 bridgehead atoms. The molecular weight excluding hydrogens is 310 g/mol. The maximum absolute atomic E-state index is 12.7. The van der Waals surface area contributed by atoms with Gasteiger partial charge in [0.05, 0.1) is 11.4 Å². The summed E-state index contributed by atoms with van der Waals surface area (Å²) in [4.78, 5) is 14.2. The first-order valence-electron chi connectivity index (χ1n) is 7.26. The van der Waals surface area contributed by atoms with Crippen LogP contribution in [0.5, 0.6) is 0 Å². The molecule has 0 heterocycles. The number of ether oxygens (including phenoxy) is 1. The van der Waals surface area contributed by atoms with Gasteiger partial charge in [-0.15, -0.1) is 0 Å². The third-order valence-electron chi connectivity index (χ3n) is 3.33. The average molecular weight is 325 g/mol. The first-order chi connectivity index (χ1) is 11.2. The first kappa shape index (κ1) is 15.4. The number of hydrogen-bond donors (Lipinski definition) is 0. The van der Waals surface area contributed by atoms with E-state index in [1.807, 2.05) is 73.2 Å². The summed E-state index contributed by atoms with van der Waals surface area (Å²) < 4.78 is 5.50. The Kier molecular flexibility index (Phi) is 4.79. The highest BCUT2D eigenvalue weighted by Crippen LogP contribution is 2.28. The lowest BCUT2D eigenvalue weighted by Crippen LogP contribution is -2.26. The Bertz CT molecular complexity index is 699. The number of anilines is 2. The van der Waals surface area contributed by atoms with E-state index >= 15 is 0 Å². The van der Waals surface area contributed by atoms with Crippen LogP contribution in [0.3, 0.4) is 0 Å². The number of hydrogen-bond acceptors (Lipinski definition) is 2. The van der Waals surface area contributed by atoms with E-state index in [-0.39, 0.29) is 0 Å². The molecule has 1 aliphatic carbocycles. The van der Waals surface area contributed by atoms with Crippen LogP contribution in [0.2, 0.25) is 0 Å². The van der Waals surface area contributed by atoms with Gasteiger partial charge in [0, 0.05) is 11.5 Å². The van der Waals surface area contributed by atoms with Gasteiger partial charge in [-0.25, -0.2) is 9.69 Å². The van der Waals surface area contributed by atoms with Gasteiger partial charge in [0.15, 0.2) is 0 Å². The van der Waals surface area contributed by atoms with Crippen molar-refractivity contribution in [2.75, 3.05) is 4.90 Å². The number of carbonyl (C=O) groups is 1. The van der Waals surface area contributed by atoms with Gasteiger partial charge in [-0.3, -0.25) is 0 Å². The molecule has 4 heteroatoms. The summed E-state index contributed by atoms with van der Waals surface area (Å²) in [6, 6.07) is 18.8. The fourth-order valence-electron chi connectivity index (χ4n) is 2.27. The van der Waals surface area contributed by atoms with Crippen LogP contribution in [0.1, 0.15) is 6.42 Å². The Morgan fingerprint density at radius 1 is 0.957 bits per heavy atom. The SMILES string of the molecule is O=C(OC1=CC(Cl)=CC[CH]1)N(c1ccccc1)c1ccccc1. The molecule has 1 radical (unpaired) electrons. The summed E-state index contributed by atoms with van der Waals surface area (Å²) in [5.74, 6) is 0.458. The molecule has 23 heavy (non-hydrogen) atoms. The molecule has 3 nitrogen and oxygen atoms in total. The van der Waals surface area contributed by atoms with Crippen molar-refractivity contribution in [1.29, 1.82) is 0 Å². The highest BCUT2D eigenvalue weighted by atomic mass is 35.5. The van der Waals surface area contributed by atoms with Crippen molar-refractivity contribution in [2.45, 2.75) is 6.42 Å². The summed E-state index contributed by atoms with van der Waals surface area (Å²) in [6.45, 7) is 0. The Morgan fingerprint density at radius 2 is 1.52 bits per heavy atom. The Balaban J connectivity index is 1.90. The fourth-order valence-corrected chi connectivity index (χ4v) is 2.47. The summed E-state index contributed by atoms with van der Waals surface area (Å²) in [5.41, 5.74) is 1.48. The minimum atomic E-state index is -0.476. The molecule has 0 saturated heterocycles. The molecule has 0 saturated carbocycles. The molecule has 0 atom stereocenters. The Morgan fingerprint density at radius 3 is 2.04 bits per heavy atom. The second-order valence-electron chi connectivity index (χ2n) is 4.95. The zero-order valence-electron chi connectivity index (χ0n) is 12.4. The van der Waals surface area contributed by atoms with E-state index in [0.717, 1.165) is 11.4 Å². The van der Waals surface area contributed by atoms with E-state index < -0.39 is 6.09 Å². The van der Waals surface area contributed by atoms with E-state index in [0.29, 0.717) is 17.2 Å². The molecule has 115 valence electrons. The minimum absolute atomic E-state index is 0.458. The maximum Gasteiger partial charge on any atom is 0.424 e. The van der Waals surface area contributed by atoms with Gasteiger partial charge < -0.3 is 4.74 Å². The normalized spacial score (nSPS) is 13.8. The minimum Gasteiger partial charge on any atom is -0.414 e. The van der Waals surface area contributed by atoms with Crippen LogP contribution in [-0.4, -0.2) is 6.09 Å². The summed E-state index contributed by atoms with van der Waals surface area (Å²) >= 11 is 5.97. The number of rotatable bonds is 3. The van der Waals surface area contributed by atoms with Gasteiger partial charge in [0.2, 0.25) is 0 Å². The summed E-state index contributed by atoms with van der Waals surface area (Å²) in [7, 11) is 0. The van der Waals surface area contributed by atoms with Gasteiger partial charge in [-0.2, -0.15) is 0 Å². The standard InChI is InChI=1S/C19H15ClNO2/c20-15-8-7-13-18(14-15)23-19(22)21(16-9-3-1-4-10-16)17-11-5-2-6-12-17/h1-6,8-14H,7H2. The monoisotopic (exact) mass is 324 g/mol. The molecule has 0 fully saturated rings. The predicted molar refractivity (Wildman–Crippen MR) is 92.4 cm³/mol. The first-order valence-corrected chi connectivity index (χ1v) is 7.64. The van der Waals surface area contributed by atoms with Crippen LogP contribution in [0.25, 0.3) is 0 Å². The highest BCUT2D eigenvalue weighted by Gasteiger charge is 2.21. The lowest BCUT2D eigenvalue weighted by molar-refractivity contribution is 0.187. The zero-order chi connectivity index (χ0) is 16.1. The highest BCUT2D eigenvalue weighted by molar-refractivity contribution is 6.31. The fraction of sp³-hybridized carbons (Fsp3) is 0.0526. The van der Waals surface area contributed by atoms with Gasteiger partial charge >= 0.3 is 6.09 Å². The maximum atomic E-state index is 12.7. The lowest BCUT2D eigenvalue weighted by Gasteiger charge is -2.23. The second kappa shape index (κ2) is 7.16. The van der Waals surface area contributed by atoms with Gasteiger partial charge in [0.25, 0.3) is 0 Å². The molecule has 3 rings (SSSR count). The molecule has 0 aliphatic heterocycles. The van der Waals surface area contributed by atoms with Crippen molar-refractivity contribution in [3.63, 3.8) is 0 Å². The van der Waals surface area contributed by atoms with Crippen LogP contribution >= 0.6 is 11.6 Å². The van der Waals surface area contributed by atoms with Crippen LogP contribution in [0.15, 0.2) is 83.6 Å². The lowest BCUT2D eigenvalue weighted by atomic mass is 10.1. The van der Waals surface area contributed by atoms with Crippen LogP contribution in [0, 0.1) is 6.42 Å². The number of halogens is 1. The quantitative estimate of drug-likeness (QED) is 0.738. The third-order valence-corrected chi connectivity index (χ3v) is 3.59. The van der Waals surface area contributed by atoms with E-state index in [2.05, 4.69) is 0 Å². The van der Waals surface area contributed by atoms with E-state index in [4.69, 9.17) is 16.3 Å². The number of benzene rings is 2. The van der Waals surface area contributed by atoms with Crippen molar-refractivity contribution >= 4 is 29.1 Å². The van der Waals surface area contributed by atoms with Gasteiger partial charge in [-0.1, -0.05) is 54.1 Å². The Labute approximate surface area is 140 Å². The van der Waals surface area contributed by atoms with Crippen molar-refractivity contribution < 1.29 is 9.53 Å². The molecule has 0 N–H and O–H groups in total. The van der Waals surface area contributed by atoms with Crippen LogP contribution in [-0.2, 0) is 4.74 Å². The van der Waals surface area contributed by atoms with Gasteiger partial charge in [-0.05, 0) is 36.8 Å². The number of para-hydroxylation sites is 2. The number of allylic oxidation sites excluding steroid dienone is 4.